The molecule has 2 aromatic rings. The van der Waals surface area contributed by atoms with Crippen LogP contribution in [0.15, 0.2) is 46.9 Å². The number of rotatable bonds is 3. The zero-order chi connectivity index (χ0) is 17.3. The minimum absolute atomic E-state index is 0.0548. The van der Waals surface area contributed by atoms with E-state index < -0.39 is 5.92 Å². The molecule has 0 aliphatic carbocycles. The van der Waals surface area contributed by atoms with Crippen molar-refractivity contribution >= 4 is 33.5 Å². The number of ether oxygens (including phenoxy) is 1. The first-order valence-corrected chi connectivity index (χ1v) is 8.59. The van der Waals surface area contributed by atoms with Gasteiger partial charge in [0.15, 0.2) is 0 Å². The number of nitrogens with zero attached hydrogens (tertiary/aromatic N) is 1. The van der Waals surface area contributed by atoms with Crippen LogP contribution >= 0.6 is 15.9 Å². The molecule has 4 nitrogen and oxygen atoms in total. The van der Waals surface area contributed by atoms with Crippen molar-refractivity contribution in [2.24, 2.45) is 5.92 Å². The fraction of sp³-hybridized carbons (Fsp3) is 0.263. The summed E-state index contributed by atoms with van der Waals surface area (Å²) in [5, 5.41) is 0. The molecule has 124 valence electrons. The third-order valence-electron chi connectivity index (χ3n) is 4.21. The van der Waals surface area contributed by atoms with Crippen LogP contribution in [0.2, 0.25) is 0 Å². The Labute approximate surface area is 149 Å². The lowest BCUT2D eigenvalue weighted by atomic mass is 10.1. The van der Waals surface area contributed by atoms with E-state index in [-0.39, 0.29) is 18.3 Å². The van der Waals surface area contributed by atoms with Crippen molar-refractivity contribution in [1.29, 1.82) is 0 Å². The topological polar surface area (TPSA) is 46.6 Å². The summed E-state index contributed by atoms with van der Waals surface area (Å²) < 4.78 is 6.53. The third-order valence-corrected chi connectivity index (χ3v) is 4.74. The van der Waals surface area contributed by atoms with Crippen molar-refractivity contribution in [3.63, 3.8) is 0 Å². The van der Waals surface area contributed by atoms with Crippen LogP contribution < -0.4 is 9.64 Å². The Morgan fingerprint density at radius 2 is 1.75 bits per heavy atom. The second kappa shape index (κ2) is 6.77. The molecule has 1 fully saturated rings. The molecule has 1 heterocycles. The van der Waals surface area contributed by atoms with Crippen molar-refractivity contribution in [1.82, 2.24) is 0 Å². The maximum atomic E-state index is 12.5. The van der Waals surface area contributed by atoms with E-state index >= 15 is 0 Å². The summed E-state index contributed by atoms with van der Waals surface area (Å²) in [4.78, 5) is 26.4. The second-order valence-electron chi connectivity index (χ2n) is 6.02. The van der Waals surface area contributed by atoms with Crippen molar-refractivity contribution in [2.75, 3.05) is 11.4 Å². The predicted molar refractivity (Wildman–Crippen MR) is 96.2 cm³/mol. The predicted octanol–water partition coefficient (Wildman–Crippen LogP) is 4.02. The Balaban J connectivity index is 1.73. The summed E-state index contributed by atoms with van der Waals surface area (Å²) in [6.07, 6.45) is 0.180. The van der Waals surface area contributed by atoms with Crippen molar-refractivity contribution in [3.05, 3.63) is 58.1 Å². The molecule has 1 aliphatic rings. The number of hydrogen-bond donors (Lipinski definition) is 0. The maximum absolute atomic E-state index is 12.5. The quantitative estimate of drug-likeness (QED) is 0.589. The van der Waals surface area contributed by atoms with E-state index in [2.05, 4.69) is 15.9 Å². The monoisotopic (exact) mass is 387 g/mol. The Hall–Kier alpha value is -2.14. The van der Waals surface area contributed by atoms with Gasteiger partial charge in [-0.1, -0.05) is 34.1 Å². The molecule has 24 heavy (non-hydrogen) atoms. The standard InChI is InChI=1S/C19H18BrNO3/c1-12-4-3-5-13(2)18(12)24-19(23)14-10-17(22)21(11-14)16-8-6-15(20)7-9-16/h3-9,14H,10-11H2,1-2H3/t14-/m0/s1. The highest BCUT2D eigenvalue weighted by atomic mass is 79.9. The Kier molecular flexibility index (Phi) is 4.71. The van der Waals surface area contributed by atoms with Gasteiger partial charge in [-0.3, -0.25) is 9.59 Å². The molecule has 0 unspecified atom stereocenters. The number of para-hydroxylation sites is 1. The number of esters is 1. The summed E-state index contributed by atoms with van der Waals surface area (Å²) in [6.45, 7) is 4.16. The summed E-state index contributed by atoms with van der Waals surface area (Å²) in [6, 6.07) is 13.2. The lowest BCUT2D eigenvalue weighted by Crippen LogP contribution is -2.27. The smallest absolute Gasteiger partial charge is 0.316 e. The molecule has 1 saturated heterocycles. The molecule has 1 amide bonds. The first-order valence-electron chi connectivity index (χ1n) is 7.79. The van der Waals surface area contributed by atoms with Crippen LogP contribution in [0.3, 0.4) is 0 Å². The molecular weight excluding hydrogens is 370 g/mol. The van der Waals surface area contributed by atoms with E-state index in [0.717, 1.165) is 21.3 Å². The van der Waals surface area contributed by atoms with Gasteiger partial charge in [-0.15, -0.1) is 0 Å². The SMILES string of the molecule is Cc1cccc(C)c1OC(=O)[C@H]1CC(=O)N(c2ccc(Br)cc2)C1. The first-order chi connectivity index (χ1) is 11.5. The van der Waals surface area contributed by atoms with Gasteiger partial charge in [-0.25, -0.2) is 0 Å². The second-order valence-corrected chi connectivity index (χ2v) is 6.94. The number of aryl methyl sites for hydroxylation is 2. The molecule has 0 radical (unpaired) electrons. The number of carbonyl (C=O) groups is 2. The molecule has 1 aliphatic heterocycles. The third kappa shape index (κ3) is 3.36. The van der Waals surface area contributed by atoms with Gasteiger partial charge < -0.3 is 9.64 Å². The Bertz CT molecular complexity index is 765. The molecule has 0 saturated carbocycles. The van der Waals surface area contributed by atoms with Crippen LogP contribution in [0.25, 0.3) is 0 Å². The van der Waals surface area contributed by atoms with E-state index in [1.807, 2.05) is 56.3 Å². The van der Waals surface area contributed by atoms with Gasteiger partial charge in [0.25, 0.3) is 0 Å². The number of hydrogen-bond acceptors (Lipinski definition) is 3. The van der Waals surface area contributed by atoms with Gasteiger partial charge in [-0.2, -0.15) is 0 Å². The molecule has 2 aromatic carbocycles. The summed E-state index contributed by atoms with van der Waals surface area (Å²) in [5.74, 6) is -0.252. The van der Waals surface area contributed by atoms with Gasteiger partial charge in [0.2, 0.25) is 5.91 Å². The molecule has 0 spiro atoms. The molecule has 0 N–H and O–H groups in total. The highest BCUT2D eigenvalue weighted by Gasteiger charge is 2.36. The minimum atomic E-state index is -0.444. The fourth-order valence-electron chi connectivity index (χ4n) is 2.88. The van der Waals surface area contributed by atoms with Crippen LogP contribution in [0, 0.1) is 19.8 Å². The van der Waals surface area contributed by atoms with Crippen LogP contribution in [0.1, 0.15) is 17.5 Å². The number of halogens is 1. The summed E-state index contributed by atoms with van der Waals surface area (Å²) >= 11 is 3.38. The van der Waals surface area contributed by atoms with E-state index in [1.165, 1.54) is 0 Å². The normalized spacial score (nSPS) is 17.2. The van der Waals surface area contributed by atoms with Gasteiger partial charge in [0.1, 0.15) is 5.75 Å². The largest absolute Gasteiger partial charge is 0.426 e. The maximum Gasteiger partial charge on any atom is 0.316 e. The van der Waals surface area contributed by atoms with Crippen molar-refractivity contribution < 1.29 is 14.3 Å². The molecule has 0 aromatic heterocycles. The Morgan fingerprint density at radius 1 is 1.12 bits per heavy atom. The molecule has 5 heteroatoms. The van der Waals surface area contributed by atoms with Gasteiger partial charge in [0.05, 0.1) is 5.92 Å². The van der Waals surface area contributed by atoms with E-state index in [4.69, 9.17) is 4.74 Å². The minimum Gasteiger partial charge on any atom is -0.426 e. The summed E-state index contributed by atoms with van der Waals surface area (Å²) in [7, 11) is 0. The Morgan fingerprint density at radius 3 is 2.38 bits per heavy atom. The zero-order valence-electron chi connectivity index (χ0n) is 13.6. The van der Waals surface area contributed by atoms with Crippen LogP contribution in [0.4, 0.5) is 5.69 Å². The fourth-order valence-corrected chi connectivity index (χ4v) is 3.14. The van der Waals surface area contributed by atoms with Crippen molar-refractivity contribution in [2.45, 2.75) is 20.3 Å². The molecule has 0 bridgehead atoms. The van der Waals surface area contributed by atoms with Crippen LogP contribution in [-0.2, 0) is 9.59 Å². The van der Waals surface area contributed by atoms with E-state index in [1.54, 1.807) is 4.90 Å². The first kappa shape index (κ1) is 16.7. The van der Waals surface area contributed by atoms with E-state index in [0.29, 0.717) is 12.3 Å². The number of anilines is 1. The lowest BCUT2D eigenvalue weighted by Gasteiger charge is -2.17. The number of carbonyl (C=O) groups excluding carboxylic acids is 2. The van der Waals surface area contributed by atoms with Gasteiger partial charge in [-0.05, 0) is 49.2 Å². The van der Waals surface area contributed by atoms with Crippen LogP contribution in [0.5, 0.6) is 5.75 Å². The average Bonchev–Trinajstić information content (AvgIpc) is 2.94. The van der Waals surface area contributed by atoms with Crippen molar-refractivity contribution in [3.8, 4) is 5.75 Å². The highest BCUT2D eigenvalue weighted by molar-refractivity contribution is 9.10. The molecule has 1 atom stereocenters. The highest BCUT2D eigenvalue weighted by Crippen LogP contribution is 2.29. The van der Waals surface area contributed by atoms with E-state index in [9.17, 15) is 9.59 Å². The van der Waals surface area contributed by atoms with Gasteiger partial charge in [0, 0.05) is 23.1 Å². The average molecular weight is 388 g/mol. The lowest BCUT2D eigenvalue weighted by molar-refractivity contribution is -0.139. The molecular formula is C19H18BrNO3. The number of amides is 1. The molecule has 3 rings (SSSR count). The number of benzene rings is 2. The van der Waals surface area contributed by atoms with Crippen LogP contribution in [-0.4, -0.2) is 18.4 Å². The zero-order valence-corrected chi connectivity index (χ0v) is 15.2. The van der Waals surface area contributed by atoms with Gasteiger partial charge >= 0.3 is 5.97 Å². The summed E-state index contributed by atoms with van der Waals surface area (Å²) in [5.41, 5.74) is 2.63.